The number of hydrogen-bond acceptors (Lipinski definition) is 5. The van der Waals surface area contributed by atoms with E-state index in [1.165, 1.54) is 23.1 Å². The average molecular weight is 752 g/mol. The van der Waals surface area contributed by atoms with E-state index in [1.54, 1.807) is 13.0 Å². The molecule has 244 valence electrons. The minimum Gasteiger partial charge on any atom is -0.465 e. The van der Waals surface area contributed by atoms with Gasteiger partial charge in [0.1, 0.15) is 5.82 Å². The number of aryl methyl sites for hydroxylation is 1. The van der Waals surface area contributed by atoms with Crippen LogP contribution in [0.2, 0.25) is 0 Å². The molecule has 1 saturated heterocycles. The molecular formula is C34H34F4IN3O4. The summed E-state index contributed by atoms with van der Waals surface area (Å²) in [5.74, 6) is -3.87. The molecule has 3 aromatic carbocycles. The smallest absolute Gasteiger partial charge is 0.417 e. The highest BCUT2D eigenvalue weighted by Crippen LogP contribution is 2.41. The van der Waals surface area contributed by atoms with Crippen molar-refractivity contribution in [2.45, 2.75) is 63.7 Å². The maximum Gasteiger partial charge on any atom is 0.417 e. The molecule has 2 atom stereocenters. The fourth-order valence-electron chi connectivity index (χ4n) is 6.46. The number of benzene rings is 3. The number of halogens is 5. The number of hydrogen-bond donors (Lipinski definition) is 2. The van der Waals surface area contributed by atoms with E-state index in [0.29, 0.717) is 36.1 Å². The first-order valence-corrected chi connectivity index (χ1v) is 16.2. The number of amides is 2. The second-order valence-corrected chi connectivity index (χ2v) is 12.9. The van der Waals surface area contributed by atoms with Crippen LogP contribution in [-0.2, 0) is 15.7 Å². The van der Waals surface area contributed by atoms with Gasteiger partial charge in [-0.1, -0.05) is 31.0 Å². The first-order valence-electron chi connectivity index (χ1n) is 15.1. The molecule has 1 saturated carbocycles. The highest BCUT2D eigenvalue weighted by atomic mass is 127. The fourth-order valence-corrected chi connectivity index (χ4v) is 7.15. The summed E-state index contributed by atoms with van der Waals surface area (Å²) in [6.07, 6.45) is 0.334. The molecule has 2 amide bonds. The molecule has 1 aliphatic heterocycles. The van der Waals surface area contributed by atoms with E-state index in [-0.39, 0.29) is 17.8 Å². The molecule has 3 aromatic rings. The second kappa shape index (κ2) is 14.0. The van der Waals surface area contributed by atoms with Crippen molar-refractivity contribution in [3.8, 4) is 0 Å². The molecule has 0 aromatic heterocycles. The molecule has 1 heterocycles. The van der Waals surface area contributed by atoms with Crippen molar-refractivity contribution in [2.24, 2.45) is 5.92 Å². The Bertz CT molecular complexity index is 1620. The second-order valence-electron chi connectivity index (χ2n) is 11.7. The van der Waals surface area contributed by atoms with E-state index in [4.69, 9.17) is 0 Å². The number of ether oxygens (including phenoxy) is 1. The summed E-state index contributed by atoms with van der Waals surface area (Å²) in [6, 6.07) is 12.4. The molecule has 7 nitrogen and oxygen atoms in total. The van der Waals surface area contributed by atoms with Crippen molar-refractivity contribution in [3.05, 3.63) is 91.8 Å². The lowest BCUT2D eigenvalue weighted by molar-refractivity contribution is -0.138. The van der Waals surface area contributed by atoms with Gasteiger partial charge in [-0.25, -0.2) is 9.18 Å². The Hall–Kier alpha value is -3.68. The van der Waals surface area contributed by atoms with Crippen molar-refractivity contribution >= 4 is 51.7 Å². The zero-order valence-corrected chi connectivity index (χ0v) is 27.5. The Morgan fingerprint density at radius 2 is 1.72 bits per heavy atom. The molecule has 12 heteroatoms. The first kappa shape index (κ1) is 33.7. The number of likely N-dealkylation sites (tertiary alicyclic amines) is 1. The number of esters is 1. The van der Waals surface area contributed by atoms with E-state index < -0.39 is 52.9 Å². The van der Waals surface area contributed by atoms with Gasteiger partial charge < -0.3 is 20.3 Å². The van der Waals surface area contributed by atoms with Crippen LogP contribution in [0, 0.1) is 22.2 Å². The fraction of sp³-hybridized carbons (Fsp3) is 0.382. The number of carbonyl (C=O) groups excluding carboxylic acids is 3. The van der Waals surface area contributed by atoms with Gasteiger partial charge in [-0.05, 0) is 103 Å². The summed E-state index contributed by atoms with van der Waals surface area (Å²) in [5.41, 5.74) is -0.141. The maximum atomic E-state index is 15.0. The Labute approximate surface area is 278 Å². The summed E-state index contributed by atoms with van der Waals surface area (Å²) in [6.45, 7) is 1.90. The molecule has 5 rings (SSSR count). The predicted molar refractivity (Wildman–Crippen MR) is 174 cm³/mol. The van der Waals surface area contributed by atoms with Gasteiger partial charge in [0.15, 0.2) is 0 Å². The van der Waals surface area contributed by atoms with Crippen molar-refractivity contribution in [2.75, 3.05) is 24.3 Å². The topological polar surface area (TPSA) is 87.7 Å². The van der Waals surface area contributed by atoms with Crippen LogP contribution >= 0.6 is 22.6 Å². The summed E-state index contributed by atoms with van der Waals surface area (Å²) >= 11 is 2.21. The zero-order chi connectivity index (χ0) is 33.2. The van der Waals surface area contributed by atoms with Crippen LogP contribution in [0.4, 0.5) is 28.9 Å². The summed E-state index contributed by atoms with van der Waals surface area (Å²) in [5, 5.41) is 6.16. The molecule has 0 unspecified atom stereocenters. The van der Waals surface area contributed by atoms with E-state index in [2.05, 4.69) is 38.0 Å². The minimum absolute atomic E-state index is 0.0870. The van der Waals surface area contributed by atoms with Crippen LogP contribution in [0.3, 0.4) is 0 Å². The molecule has 0 spiro atoms. The van der Waals surface area contributed by atoms with Gasteiger partial charge in [-0.15, -0.1) is 0 Å². The van der Waals surface area contributed by atoms with Crippen LogP contribution in [0.1, 0.15) is 82.0 Å². The number of nitrogens with one attached hydrogen (secondary N) is 2. The molecule has 0 radical (unpaired) electrons. The lowest BCUT2D eigenvalue weighted by Crippen LogP contribution is -2.46. The number of anilines is 2. The third-order valence-corrected chi connectivity index (χ3v) is 9.60. The highest BCUT2D eigenvalue weighted by molar-refractivity contribution is 14.1. The summed E-state index contributed by atoms with van der Waals surface area (Å²) in [7, 11) is 0.982. The normalized spacial score (nSPS) is 18.7. The maximum absolute atomic E-state index is 15.0. The van der Waals surface area contributed by atoms with Crippen LogP contribution < -0.4 is 10.6 Å². The number of alkyl halides is 3. The number of rotatable bonds is 7. The standard InChI is InChI=1S/C34H34F4IN3O4/c1-19-7-5-11-26(35)29(19)32(44)42-16-6-10-24(30(42)20-12-15-28(27(39)17-20)40-21-8-3-4-9-21)31(43)41-22-13-14-23(33(45)46-2)25(18-22)34(36,37)38/h5,7,11-15,17-18,21,24,30,40H,3-4,6,8-10,16H2,1-2H3,(H,41,43)/t24-,30-/m0/s1. The number of carbonyl (C=O) groups is 3. The molecular weight excluding hydrogens is 717 g/mol. The molecule has 46 heavy (non-hydrogen) atoms. The Balaban J connectivity index is 1.51. The molecule has 0 bridgehead atoms. The van der Waals surface area contributed by atoms with E-state index in [0.717, 1.165) is 48.1 Å². The summed E-state index contributed by atoms with van der Waals surface area (Å²) < 4.78 is 62.0. The number of methoxy groups -OCH3 is 1. The van der Waals surface area contributed by atoms with Crippen molar-refractivity contribution in [1.82, 2.24) is 4.90 Å². The van der Waals surface area contributed by atoms with Gasteiger partial charge in [0.2, 0.25) is 5.91 Å². The quantitative estimate of drug-likeness (QED) is 0.145. The third-order valence-electron chi connectivity index (χ3n) is 8.71. The van der Waals surface area contributed by atoms with Crippen molar-refractivity contribution < 1.29 is 36.7 Å². The minimum atomic E-state index is -4.89. The number of nitrogens with zero attached hydrogens (tertiary/aromatic N) is 1. The van der Waals surface area contributed by atoms with E-state index in [1.807, 2.05) is 18.2 Å². The van der Waals surface area contributed by atoms with Crippen molar-refractivity contribution in [1.29, 1.82) is 0 Å². The predicted octanol–water partition coefficient (Wildman–Crippen LogP) is 8.13. The van der Waals surface area contributed by atoms with E-state index >= 15 is 4.39 Å². The number of piperidine rings is 1. The van der Waals surface area contributed by atoms with Gasteiger partial charge in [0.05, 0.1) is 35.8 Å². The van der Waals surface area contributed by atoms with E-state index in [9.17, 15) is 27.6 Å². The molecule has 2 fully saturated rings. The Morgan fingerprint density at radius 3 is 2.37 bits per heavy atom. The van der Waals surface area contributed by atoms with Crippen LogP contribution in [0.15, 0.2) is 54.6 Å². The zero-order valence-electron chi connectivity index (χ0n) is 25.3. The average Bonchev–Trinajstić information content (AvgIpc) is 3.54. The first-order chi connectivity index (χ1) is 21.9. The molecule has 2 N–H and O–H groups in total. The summed E-state index contributed by atoms with van der Waals surface area (Å²) in [4.78, 5) is 41.4. The lowest BCUT2D eigenvalue weighted by Gasteiger charge is -2.41. The van der Waals surface area contributed by atoms with Gasteiger partial charge >= 0.3 is 12.1 Å². The third kappa shape index (κ3) is 7.16. The largest absolute Gasteiger partial charge is 0.465 e. The Kier molecular flexibility index (Phi) is 10.2. The van der Waals surface area contributed by atoms with Gasteiger partial charge in [0, 0.05) is 27.5 Å². The lowest BCUT2D eigenvalue weighted by atomic mass is 9.83. The van der Waals surface area contributed by atoms with Gasteiger partial charge in [0.25, 0.3) is 5.91 Å². The van der Waals surface area contributed by atoms with Gasteiger partial charge in [-0.3, -0.25) is 9.59 Å². The van der Waals surface area contributed by atoms with Gasteiger partial charge in [-0.2, -0.15) is 13.2 Å². The molecule has 2 aliphatic rings. The van der Waals surface area contributed by atoms with Crippen LogP contribution in [-0.4, -0.2) is 42.4 Å². The SMILES string of the molecule is COC(=O)c1ccc(NC(=O)[C@H]2CCCN(C(=O)c3c(C)cccc3F)[C@H]2c2ccc(NC3CCCC3)c(I)c2)cc1C(F)(F)F. The van der Waals surface area contributed by atoms with Crippen LogP contribution in [0.5, 0.6) is 0 Å². The van der Waals surface area contributed by atoms with Crippen molar-refractivity contribution in [3.63, 3.8) is 0 Å². The Morgan fingerprint density at radius 1 is 0.978 bits per heavy atom. The monoisotopic (exact) mass is 751 g/mol. The van der Waals surface area contributed by atoms with Crippen LogP contribution in [0.25, 0.3) is 0 Å². The highest BCUT2D eigenvalue weighted by Gasteiger charge is 2.41. The molecule has 1 aliphatic carbocycles.